The van der Waals surface area contributed by atoms with Crippen molar-refractivity contribution in [3.8, 4) is 0 Å². The van der Waals surface area contributed by atoms with Crippen molar-refractivity contribution >= 4 is 25.7 Å². The number of aliphatic carboxylic acids is 1. The maximum absolute atomic E-state index is 13.8. The van der Waals surface area contributed by atoms with Crippen LogP contribution >= 0.6 is 10.7 Å². The Bertz CT molecular complexity index is 580. The van der Waals surface area contributed by atoms with Crippen molar-refractivity contribution < 1.29 is 27.4 Å². The Morgan fingerprint density at radius 1 is 1.60 bits per heavy atom. The van der Waals surface area contributed by atoms with Gasteiger partial charge in [-0.15, -0.1) is 0 Å². The summed E-state index contributed by atoms with van der Waals surface area (Å²) in [6.07, 6.45) is -2.40. The normalized spacial score (nSPS) is 14.8. The fourth-order valence-corrected chi connectivity index (χ4v) is 2.70. The van der Waals surface area contributed by atoms with Gasteiger partial charge in [0.1, 0.15) is 11.1 Å². The zero-order valence-electron chi connectivity index (χ0n) is 10.5. The first-order chi connectivity index (χ1) is 9.25. The number of methoxy groups -OCH3 is 1. The van der Waals surface area contributed by atoms with Crippen molar-refractivity contribution in [2.45, 2.75) is 30.0 Å². The van der Waals surface area contributed by atoms with E-state index in [-0.39, 0.29) is 17.0 Å². The van der Waals surface area contributed by atoms with Gasteiger partial charge in [-0.2, -0.15) is 0 Å². The number of alkyl halides is 1. The number of halogens is 2. The zero-order valence-corrected chi connectivity index (χ0v) is 12.1. The average molecular weight is 326 g/mol. The van der Waals surface area contributed by atoms with Crippen LogP contribution in [0.5, 0.6) is 0 Å². The molecule has 9 heteroatoms. The SMILES string of the molecule is COC(CC(F)Cc1ncccc1S(=O)(=O)Cl)C(=O)O. The largest absolute Gasteiger partial charge is 0.479 e. The van der Waals surface area contributed by atoms with E-state index in [1.165, 1.54) is 18.3 Å². The highest BCUT2D eigenvalue weighted by molar-refractivity contribution is 8.13. The first-order valence-corrected chi connectivity index (χ1v) is 7.85. The van der Waals surface area contributed by atoms with E-state index in [0.29, 0.717) is 0 Å². The molecular weight excluding hydrogens is 313 g/mol. The van der Waals surface area contributed by atoms with Gasteiger partial charge in [-0.1, -0.05) is 0 Å². The zero-order chi connectivity index (χ0) is 15.3. The molecule has 0 aromatic carbocycles. The summed E-state index contributed by atoms with van der Waals surface area (Å²) < 4.78 is 41.1. The molecule has 0 fully saturated rings. The third-order valence-corrected chi connectivity index (χ3v) is 3.95. The van der Waals surface area contributed by atoms with Gasteiger partial charge in [0.25, 0.3) is 9.05 Å². The fourth-order valence-electron chi connectivity index (χ4n) is 1.62. The van der Waals surface area contributed by atoms with Crippen LogP contribution < -0.4 is 0 Å². The lowest BCUT2D eigenvalue weighted by Crippen LogP contribution is -2.27. The van der Waals surface area contributed by atoms with E-state index in [1.807, 2.05) is 0 Å². The summed E-state index contributed by atoms with van der Waals surface area (Å²) in [5.74, 6) is -1.29. The van der Waals surface area contributed by atoms with Gasteiger partial charge in [-0.05, 0) is 12.1 Å². The van der Waals surface area contributed by atoms with Gasteiger partial charge >= 0.3 is 5.97 Å². The summed E-state index contributed by atoms with van der Waals surface area (Å²) in [5, 5.41) is 8.75. The number of carboxylic acid groups (broad SMARTS) is 1. The molecule has 1 N–H and O–H groups in total. The van der Waals surface area contributed by atoms with E-state index in [0.717, 1.165) is 7.11 Å². The Morgan fingerprint density at radius 3 is 2.75 bits per heavy atom. The number of hydrogen-bond donors (Lipinski definition) is 1. The molecule has 6 nitrogen and oxygen atoms in total. The predicted octanol–water partition coefficient (Wildman–Crippen LogP) is 1.38. The minimum atomic E-state index is -4.03. The molecule has 0 saturated heterocycles. The molecule has 0 amide bonds. The van der Waals surface area contributed by atoms with E-state index in [4.69, 9.17) is 15.8 Å². The molecule has 0 aliphatic rings. The monoisotopic (exact) mass is 325 g/mol. The highest BCUT2D eigenvalue weighted by Crippen LogP contribution is 2.21. The second kappa shape index (κ2) is 6.96. The van der Waals surface area contributed by atoms with E-state index in [9.17, 15) is 17.6 Å². The van der Waals surface area contributed by atoms with Crippen LogP contribution in [-0.4, -0.2) is 43.9 Å². The van der Waals surface area contributed by atoms with Crippen LogP contribution in [0.4, 0.5) is 4.39 Å². The number of nitrogens with zero attached hydrogens (tertiary/aromatic N) is 1. The molecule has 0 aliphatic carbocycles. The van der Waals surface area contributed by atoms with Crippen molar-refractivity contribution in [3.63, 3.8) is 0 Å². The number of rotatable bonds is 7. The predicted molar refractivity (Wildman–Crippen MR) is 68.9 cm³/mol. The molecule has 1 heterocycles. The lowest BCUT2D eigenvalue weighted by Gasteiger charge is -2.14. The first kappa shape index (κ1) is 16.8. The minimum Gasteiger partial charge on any atom is -0.479 e. The topological polar surface area (TPSA) is 93.6 Å². The van der Waals surface area contributed by atoms with Crippen molar-refractivity contribution in [1.29, 1.82) is 0 Å². The first-order valence-electron chi connectivity index (χ1n) is 5.54. The maximum atomic E-state index is 13.8. The molecule has 0 radical (unpaired) electrons. The molecule has 0 saturated carbocycles. The molecule has 1 rings (SSSR count). The van der Waals surface area contributed by atoms with Crippen LogP contribution in [0.2, 0.25) is 0 Å². The van der Waals surface area contributed by atoms with Crippen LogP contribution in [0, 0.1) is 0 Å². The molecule has 1 aromatic heterocycles. The molecular formula is C11H13ClFNO5S. The number of ether oxygens (including phenoxy) is 1. The number of carbonyl (C=O) groups is 1. The number of aromatic nitrogens is 1. The van der Waals surface area contributed by atoms with Gasteiger partial charge in [0.15, 0.2) is 6.10 Å². The summed E-state index contributed by atoms with van der Waals surface area (Å²) in [5.41, 5.74) is -0.0461. The van der Waals surface area contributed by atoms with Crippen LogP contribution in [0.15, 0.2) is 23.2 Å². The van der Waals surface area contributed by atoms with Crippen LogP contribution in [0.3, 0.4) is 0 Å². The maximum Gasteiger partial charge on any atom is 0.332 e. The highest BCUT2D eigenvalue weighted by Gasteiger charge is 2.25. The molecule has 112 valence electrons. The van der Waals surface area contributed by atoms with E-state index in [1.54, 1.807) is 0 Å². The van der Waals surface area contributed by atoms with Crippen molar-refractivity contribution in [2.75, 3.05) is 7.11 Å². The Morgan fingerprint density at radius 2 is 2.25 bits per heavy atom. The van der Waals surface area contributed by atoms with E-state index < -0.39 is 33.7 Å². The van der Waals surface area contributed by atoms with E-state index in [2.05, 4.69) is 9.72 Å². The Kier molecular flexibility index (Phi) is 5.85. The minimum absolute atomic E-state index is 0.0461. The second-order valence-electron chi connectivity index (χ2n) is 3.99. The molecule has 1 aromatic rings. The molecule has 0 bridgehead atoms. The van der Waals surface area contributed by atoms with Gasteiger partial charge in [0, 0.05) is 36.8 Å². The Labute approximate surface area is 120 Å². The van der Waals surface area contributed by atoms with Gasteiger partial charge in [-0.25, -0.2) is 17.6 Å². The van der Waals surface area contributed by atoms with Crippen LogP contribution in [0.1, 0.15) is 12.1 Å². The van der Waals surface area contributed by atoms with E-state index >= 15 is 0 Å². The summed E-state index contributed by atoms with van der Waals surface area (Å²) in [4.78, 5) is 14.2. The Balaban J connectivity index is 2.86. The smallest absolute Gasteiger partial charge is 0.332 e. The highest BCUT2D eigenvalue weighted by atomic mass is 35.7. The van der Waals surface area contributed by atoms with Crippen molar-refractivity contribution in [3.05, 3.63) is 24.0 Å². The fraction of sp³-hybridized carbons (Fsp3) is 0.455. The van der Waals surface area contributed by atoms with Crippen LogP contribution in [-0.2, 0) is 25.0 Å². The van der Waals surface area contributed by atoms with Gasteiger partial charge < -0.3 is 9.84 Å². The third kappa shape index (κ3) is 4.69. The summed E-state index contributed by atoms with van der Waals surface area (Å²) in [6.45, 7) is 0. The number of carboxylic acids is 1. The summed E-state index contributed by atoms with van der Waals surface area (Å²) in [7, 11) is 2.34. The third-order valence-electron chi connectivity index (χ3n) is 2.56. The van der Waals surface area contributed by atoms with Gasteiger partial charge in [-0.3, -0.25) is 4.98 Å². The average Bonchev–Trinajstić information content (AvgIpc) is 2.35. The lowest BCUT2D eigenvalue weighted by molar-refractivity contribution is -0.149. The quantitative estimate of drug-likeness (QED) is 0.761. The molecule has 0 spiro atoms. The van der Waals surface area contributed by atoms with Gasteiger partial charge in [0.2, 0.25) is 0 Å². The molecule has 2 unspecified atom stereocenters. The second-order valence-corrected chi connectivity index (χ2v) is 6.52. The van der Waals surface area contributed by atoms with Crippen molar-refractivity contribution in [1.82, 2.24) is 4.98 Å². The molecule has 2 atom stereocenters. The Hall–Kier alpha value is -1.25. The standard InChI is InChI=1S/C11H13ClFNO5S/c1-19-9(11(15)16)6-7(13)5-8-10(20(12,17)18)3-2-4-14-8/h2-4,7,9H,5-6H2,1H3,(H,15,16). The van der Waals surface area contributed by atoms with Crippen LogP contribution in [0.25, 0.3) is 0 Å². The lowest BCUT2D eigenvalue weighted by atomic mass is 10.1. The van der Waals surface area contributed by atoms with Gasteiger partial charge in [0.05, 0.1) is 5.69 Å². The number of hydrogen-bond acceptors (Lipinski definition) is 5. The summed E-state index contributed by atoms with van der Waals surface area (Å²) >= 11 is 0. The number of pyridine rings is 1. The van der Waals surface area contributed by atoms with Crippen molar-refractivity contribution in [2.24, 2.45) is 0 Å². The summed E-state index contributed by atoms with van der Waals surface area (Å²) in [6, 6.07) is 2.57. The molecule has 0 aliphatic heterocycles. The molecule has 20 heavy (non-hydrogen) atoms.